The molecule has 0 aliphatic heterocycles. The second kappa shape index (κ2) is 11.4. The highest BCUT2D eigenvalue weighted by atomic mass is 32.2. The predicted molar refractivity (Wildman–Crippen MR) is 143 cm³/mol. The molecular weight excluding hydrogens is 567 g/mol. The van der Waals surface area contributed by atoms with E-state index in [4.69, 9.17) is 18.7 Å². The van der Waals surface area contributed by atoms with E-state index in [2.05, 4.69) is 38.2 Å². The first-order valence-corrected chi connectivity index (χ1v) is 15.0. The van der Waals surface area contributed by atoms with Crippen molar-refractivity contribution >= 4 is 63.4 Å². The summed E-state index contributed by atoms with van der Waals surface area (Å²) in [6, 6.07) is 11.8. The van der Waals surface area contributed by atoms with Crippen molar-refractivity contribution in [3.8, 4) is 0 Å². The number of fused-ring (bicyclic) bond motifs is 2. The number of nitrogens with zero attached hydrogens (tertiary/aromatic N) is 1. The van der Waals surface area contributed by atoms with Crippen molar-refractivity contribution in [2.24, 2.45) is 0 Å². The first-order valence-electron chi connectivity index (χ1n) is 11.1. The first kappa shape index (κ1) is 29.6. The summed E-state index contributed by atoms with van der Waals surface area (Å²) in [5, 5.41) is 5.12. The Morgan fingerprint density at radius 3 is 2.45 bits per heavy atom. The van der Waals surface area contributed by atoms with E-state index in [1.807, 2.05) is 19.1 Å². The maximum Gasteiger partial charge on any atom is 0.522 e. The molecule has 0 saturated heterocycles. The van der Waals surface area contributed by atoms with Crippen LogP contribution < -0.4 is 15.8 Å². The van der Waals surface area contributed by atoms with Crippen LogP contribution in [0.2, 0.25) is 0 Å². The number of H-pyrrole nitrogens is 1. The van der Waals surface area contributed by atoms with Crippen LogP contribution in [0.4, 0.5) is 24.0 Å². The standard InChI is InChI=1S/C21H25N5O2S2.CHF3O3S/c1-3-30(27,28)26-15-5-6-18-17(11-15)16(13(2)24-18)8-9-23-12-14-4-7-20-19(10-14)25-21(22)29-20;2-1(3,4)8(5,6)7/h4-7,10-11,23-24,26H,3,8-9,12H2,1-2H3,(H2,22,25);(H,5,6,7). The van der Waals surface area contributed by atoms with Gasteiger partial charge in [0.05, 0.1) is 16.0 Å². The molecule has 6 N–H and O–H groups in total. The van der Waals surface area contributed by atoms with Gasteiger partial charge in [0, 0.05) is 28.8 Å². The van der Waals surface area contributed by atoms with E-state index in [1.54, 1.807) is 13.0 Å². The minimum Gasteiger partial charge on any atom is -0.375 e. The number of hydrogen-bond acceptors (Lipinski definition) is 8. The largest absolute Gasteiger partial charge is 0.522 e. The highest BCUT2D eigenvalue weighted by Crippen LogP contribution is 2.27. The molecule has 0 unspecified atom stereocenters. The third-order valence-corrected chi connectivity index (χ3v) is 8.17. The van der Waals surface area contributed by atoms with Gasteiger partial charge in [0.2, 0.25) is 10.0 Å². The molecule has 38 heavy (non-hydrogen) atoms. The Morgan fingerprint density at radius 1 is 1.13 bits per heavy atom. The summed E-state index contributed by atoms with van der Waals surface area (Å²) in [5.41, 5.74) is 6.24. The van der Waals surface area contributed by atoms with E-state index in [-0.39, 0.29) is 5.75 Å². The fraction of sp³-hybridized carbons (Fsp3) is 0.318. The molecule has 0 fully saturated rings. The molecule has 2 aromatic heterocycles. The number of nitrogen functional groups attached to an aromatic ring is 1. The quantitative estimate of drug-likeness (QED) is 0.115. The Labute approximate surface area is 221 Å². The molecule has 2 aromatic carbocycles. The van der Waals surface area contributed by atoms with Gasteiger partial charge in [0.25, 0.3) is 0 Å². The Kier molecular flexibility index (Phi) is 8.93. The van der Waals surface area contributed by atoms with Crippen molar-refractivity contribution in [3.05, 3.63) is 53.2 Å². The van der Waals surface area contributed by atoms with Gasteiger partial charge in [0.15, 0.2) is 5.13 Å². The summed E-state index contributed by atoms with van der Waals surface area (Å²) in [6.45, 7) is 5.22. The first-order chi connectivity index (χ1) is 17.6. The summed E-state index contributed by atoms with van der Waals surface area (Å²) in [6.07, 6.45) is 0.835. The van der Waals surface area contributed by atoms with Gasteiger partial charge in [-0.3, -0.25) is 9.27 Å². The number of halogens is 3. The van der Waals surface area contributed by atoms with Crippen LogP contribution in [0.15, 0.2) is 36.4 Å². The lowest BCUT2D eigenvalue weighted by Crippen LogP contribution is -2.21. The molecule has 16 heteroatoms. The number of aromatic nitrogens is 2. The minimum absolute atomic E-state index is 0.0489. The molecule has 0 bridgehead atoms. The van der Waals surface area contributed by atoms with Gasteiger partial charge in [0.1, 0.15) is 0 Å². The molecule has 10 nitrogen and oxygen atoms in total. The molecule has 0 atom stereocenters. The molecular formula is C22H26F3N5O5S3. The summed E-state index contributed by atoms with van der Waals surface area (Å²) in [4.78, 5) is 7.73. The smallest absolute Gasteiger partial charge is 0.375 e. The number of aromatic amines is 1. The van der Waals surface area contributed by atoms with Crippen LogP contribution in [-0.2, 0) is 33.1 Å². The number of thiazole rings is 1. The van der Waals surface area contributed by atoms with Gasteiger partial charge in [-0.05, 0) is 68.3 Å². The van der Waals surface area contributed by atoms with Crippen molar-refractivity contribution < 1.29 is 34.6 Å². The predicted octanol–water partition coefficient (Wildman–Crippen LogP) is 4.16. The Morgan fingerprint density at radius 2 is 1.82 bits per heavy atom. The third-order valence-electron chi connectivity index (χ3n) is 5.41. The molecule has 0 radical (unpaired) electrons. The number of alkyl halides is 3. The van der Waals surface area contributed by atoms with Crippen LogP contribution in [0, 0.1) is 6.92 Å². The van der Waals surface area contributed by atoms with Crippen molar-refractivity contribution in [1.29, 1.82) is 0 Å². The third kappa shape index (κ3) is 7.57. The van der Waals surface area contributed by atoms with Crippen LogP contribution in [0.3, 0.4) is 0 Å². The van der Waals surface area contributed by atoms with Crippen LogP contribution >= 0.6 is 11.3 Å². The maximum atomic E-state index is 11.9. The monoisotopic (exact) mass is 593 g/mol. The fourth-order valence-electron chi connectivity index (χ4n) is 3.57. The zero-order chi connectivity index (χ0) is 28.3. The van der Waals surface area contributed by atoms with E-state index in [9.17, 15) is 21.6 Å². The Bertz CT molecular complexity index is 1650. The highest BCUT2D eigenvalue weighted by Gasteiger charge is 2.44. The zero-order valence-corrected chi connectivity index (χ0v) is 22.7. The van der Waals surface area contributed by atoms with Crippen molar-refractivity contribution in [3.63, 3.8) is 0 Å². The number of hydrogen-bond donors (Lipinski definition) is 5. The SMILES string of the molecule is CCS(=O)(=O)Nc1ccc2[nH]c(C)c(CCNCc3ccc4sc(N)nc4c3)c2c1.O=S(=O)(O)C(F)(F)F. The molecule has 0 aliphatic carbocycles. The lowest BCUT2D eigenvalue weighted by Gasteiger charge is -2.08. The summed E-state index contributed by atoms with van der Waals surface area (Å²) in [5.74, 6) is 0.0489. The van der Waals surface area contributed by atoms with E-state index in [0.29, 0.717) is 10.8 Å². The minimum atomic E-state index is -5.84. The van der Waals surface area contributed by atoms with Gasteiger partial charge in [-0.15, -0.1) is 0 Å². The number of sulfonamides is 1. The lowest BCUT2D eigenvalue weighted by molar-refractivity contribution is -0.0510. The van der Waals surface area contributed by atoms with Gasteiger partial charge in [-0.2, -0.15) is 21.6 Å². The topological polar surface area (TPSA) is 167 Å². The molecule has 4 rings (SSSR count). The van der Waals surface area contributed by atoms with E-state index < -0.39 is 25.6 Å². The average molecular weight is 594 g/mol. The highest BCUT2D eigenvalue weighted by molar-refractivity contribution is 7.92. The van der Waals surface area contributed by atoms with Crippen LogP contribution in [0.25, 0.3) is 21.1 Å². The van der Waals surface area contributed by atoms with Gasteiger partial charge < -0.3 is 16.0 Å². The number of rotatable bonds is 8. The van der Waals surface area contributed by atoms with Crippen LogP contribution in [0.5, 0.6) is 0 Å². The summed E-state index contributed by atoms with van der Waals surface area (Å²) < 4.78 is 85.0. The number of aryl methyl sites for hydroxylation is 1. The molecule has 4 aromatic rings. The van der Waals surface area contributed by atoms with Crippen molar-refractivity contribution in [2.45, 2.75) is 32.3 Å². The molecule has 0 aliphatic rings. The van der Waals surface area contributed by atoms with E-state index in [0.717, 1.165) is 46.3 Å². The van der Waals surface area contributed by atoms with Gasteiger partial charge >= 0.3 is 15.6 Å². The fourth-order valence-corrected chi connectivity index (χ4v) is 4.91. The second-order valence-electron chi connectivity index (χ2n) is 8.20. The van der Waals surface area contributed by atoms with Crippen molar-refractivity contribution in [2.75, 3.05) is 22.8 Å². The normalized spacial score (nSPS) is 12.5. The maximum absolute atomic E-state index is 11.9. The number of anilines is 2. The average Bonchev–Trinajstić information content (AvgIpc) is 3.33. The number of nitrogens with one attached hydrogen (secondary N) is 3. The van der Waals surface area contributed by atoms with Gasteiger partial charge in [-0.1, -0.05) is 17.4 Å². The molecule has 2 heterocycles. The van der Waals surface area contributed by atoms with E-state index in [1.165, 1.54) is 22.5 Å². The summed E-state index contributed by atoms with van der Waals surface area (Å²) in [7, 11) is -9.14. The zero-order valence-electron chi connectivity index (χ0n) is 20.3. The molecule has 0 spiro atoms. The van der Waals surface area contributed by atoms with E-state index >= 15 is 0 Å². The second-order valence-corrected chi connectivity index (χ2v) is 12.7. The van der Waals surface area contributed by atoms with Crippen LogP contribution in [-0.4, -0.2) is 49.2 Å². The Balaban J connectivity index is 0.000000436. The van der Waals surface area contributed by atoms with Crippen LogP contribution in [0.1, 0.15) is 23.7 Å². The number of nitrogens with two attached hydrogens (primary N) is 1. The molecule has 208 valence electrons. The lowest BCUT2D eigenvalue weighted by atomic mass is 10.1. The Hall–Kier alpha value is -2.92. The number of benzene rings is 2. The molecule has 0 saturated carbocycles. The summed E-state index contributed by atoms with van der Waals surface area (Å²) >= 11 is 1.50. The van der Waals surface area contributed by atoms with Crippen molar-refractivity contribution in [1.82, 2.24) is 15.3 Å². The van der Waals surface area contributed by atoms with Gasteiger partial charge in [-0.25, -0.2) is 13.4 Å². The molecule has 0 amide bonds.